The molecular formula is C16H30N4. The van der Waals surface area contributed by atoms with Crippen LogP contribution in [0, 0.1) is 0 Å². The monoisotopic (exact) mass is 278 g/mol. The van der Waals surface area contributed by atoms with E-state index in [-0.39, 0.29) is 5.54 Å². The van der Waals surface area contributed by atoms with Crippen LogP contribution >= 0.6 is 0 Å². The Morgan fingerprint density at radius 2 is 2.05 bits per heavy atom. The number of hydrogen-bond acceptors (Lipinski definition) is 3. The van der Waals surface area contributed by atoms with E-state index in [1.807, 2.05) is 17.9 Å². The Balaban J connectivity index is 2.08. The van der Waals surface area contributed by atoms with Crippen molar-refractivity contribution < 1.29 is 0 Å². The fraction of sp³-hybridized carbons (Fsp3) is 0.812. The number of nitrogens with zero attached hydrogens (tertiary/aromatic N) is 3. The third-order valence-electron chi connectivity index (χ3n) is 4.61. The maximum Gasteiger partial charge on any atom is 0.0522 e. The third kappa shape index (κ3) is 3.61. The standard InChI is InChI=1S/C16H30N4/c1-5-8-17-15(11-14-12-18-19(4)13-14)16(2,3)20-9-6-7-10-20/h12-13,15,17H,5-11H2,1-4H3. The zero-order chi connectivity index (χ0) is 14.6. The predicted octanol–water partition coefficient (Wildman–Crippen LogP) is 2.21. The normalized spacial score (nSPS) is 18.6. The van der Waals surface area contributed by atoms with E-state index in [0.717, 1.165) is 13.0 Å². The molecule has 20 heavy (non-hydrogen) atoms. The van der Waals surface area contributed by atoms with Crippen molar-refractivity contribution in [2.24, 2.45) is 7.05 Å². The topological polar surface area (TPSA) is 33.1 Å². The maximum atomic E-state index is 4.30. The fourth-order valence-electron chi connectivity index (χ4n) is 3.22. The second-order valence-electron chi connectivity index (χ2n) is 6.58. The van der Waals surface area contributed by atoms with E-state index in [0.29, 0.717) is 6.04 Å². The van der Waals surface area contributed by atoms with Gasteiger partial charge in [-0.3, -0.25) is 9.58 Å². The van der Waals surface area contributed by atoms with Gasteiger partial charge in [-0.05, 0) is 64.7 Å². The van der Waals surface area contributed by atoms with Crippen LogP contribution in [0.25, 0.3) is 0 Å². The van der Waals surface area contributed by atoms with Crippen molar-refractivity contribution in [1.29, 1.82) is 0 Å². The second kappa shape index (κ2) is 6.72. The molecule has 1 saturated heterocycles. The van der Waals surface area contributed by atoms with Crippen molar-refractivity contribution in [2.75, 3.05) is 19.6 Å². The van der Waals surface area contributed by atoms with E-state index in [2.05, 4.69) is 42.3 Å². The van der Waals surface area contributed by atoms with Crippen LogP contribution in [-0.4, -0.2) is 45.9 Å². The van der Waals surface area contributed by atoms with Gasteiger partial charge in [0.05, 0.1) is 6.20 Å². The Morgan fingerprint density at radius 1 is 1.35 bits per heavy atom. The van der Waals surface area contributed by atoms with Crippen molar-refractivity contribution in [3.8, 4) is 0 Å². The highest BCUT2D eigenvalue weighted by Crippen LogP contribution is 2.26. The largest absolute Gasteiger partial charge is 0.312 e. The summed E-state index contributed by atoms with van der Waals surface area (Å²) in [5.41, 5.74) is 1.52. The van der Waals surface area contributed by atoms with Crippen LogP contribution in [0.5, 0.6) is 0 Å². The molecule has 0 aromatic carbocycles. The molecule has 0 bridgehead atoms. The molecule has 0 aliphatic carbocycles. The lowest BCUT2D eigenvalue weighted by Crippen LogP contribution is -2.57. The first-order valence-electron chi connectivity index (χ1n) is 8.00. The number of likely N-dealkylation sites (tertiary alicyclic amines) is 1. The maximum absolute atomic E-state index is 4.30. The van der Waals surface area contributed by atoms with E-state index < -0.39 is 0 Å². The van der Waals surface area contributed by atoms with E-state index in [1.54, 1.807) is 0 Å². The van der Waals surface area contributed by atoms with Gasteiger partial charge in [-0.2, -0.15) is 5.10 Å². The van der Waals surface area contributed by atoms with Crippen LogP contribution in [0.15, 0.2) is 12.4 Å². The molecule has 114 valence electrons. The van der Waals surface area contributed by atoms with Crippen molar-refractivity contribution in [3.05, 3.63) is 18.0 Å². The van der Waals surface area contributed by atoms with Gasteiger partial charge < -0.3 is 5.32 Å². The minimum absolute atomic E-state index is 0.196. The van der Waals surface area contributed by atoms with Crippen molar-refractivity contribution in [1.82, 2.24) is 20.0 Å². The summed E-state index contributed by atoms with van der Waals surface area (Å²) in [7, 11) is 1.99. The van der Waals surface area contributed by atoms with Crippen molar-refractivity contribution in [2.45, 2.75) is 58.0 Å². The molecule has 1 aromatic heterocycles. The van der Waals surface area contributed by atoms with E-state index >= 15 is 0 Å². The molecule has 4 nitrogen and oxygen atoms in total. The Labute approximate surface area is 123 Å². The molecule has 1 aromatic rings. The van der Waals surface area contributed by atoms with Gasteiger partial charge in [-0.1, -0.05) is 6.92 Å². The summed E-state index contributed by atoms with van der Waals surface area (Å²) in [5.74, 6) is 0. The molecule has 1 aliphatic heterocycles. The van der Waals surface area contributed by atoms with Gasteiger partial charge >= 0.3 is 0 Å². The summed E-state index contributed by atoms with van der Waals surface area (Å²) >= 11 is 0. The molecule has 0 spiro atoms. The zero-order valence-electron chi connectivity index (χ0n) is 13.5. The van der Waals surface area contributed by atoms with Gasteiger partial charge in [-0.15, -0.1) is 0 Å². The first kappa shape index (κ1) is 15.5. The Hall–Kier alpha value is -0.870. The summed E-state index contributed by atoms with van der Waals surface area (Å²) in [4.78, 5) is 2.65. The number of aromatic nitrogens is 2. The lowest BCUT2D eigenvalue weighted by molar-refractivity contribution is 0.106. The molecule has 1 fully saturated rings. The molecule has 1 aliphatic rings. The van der Waals surface area contributed by atoms with Gasteiger partial charge in [-0.25, -0.2) is 0 Å². The Kier molecular flexibility index (Phi) is 5.22. The van der Waals surface area contributed by atoms with Gasteiger partial charge in [0.2, 0.25) is 0 Å². The Bertz CT molecular complexity index is 404. The highest BCUT2D eigenvalue weighted by atomic mass is 15.2. The molecule has 0 amide bonds. The summed E-state index contributed by atoms with van der Waals surface area (Å²) in [6, 6.07) is 0.477. The summed E-state index contributed by atoms with van der Waals surface area (Å²) < 4.78 is 1.90. The Morgan fingerprint density at radius 3 is 2.60 bits per heavy atom. The SMILES string of the molecule is CCCNC(Cc1cnn(C)c1)C(C)(C)N1CCCC1. The number of rotatable bonds is 7. The van der Waals surface area contributed by atoms with Crippen LogP contribution in [-0.2, 0) is 13.5 Å². The summed E-state index contributed by atoms with van der Waals surface area (Å²) in [6.07, 6.45) is 9.06. The van der Waals surface area contributed by atoms with Crippen LogP contribution in [0.3, 0.4) is 0 Å². The fourth-order valence-corrected chi connectivity index (χ4v) is 3.22. The van der Waals surface area contributed by atoms with Gasteiger partial charge in [0.25, 0.3) is 0 Å². The first-order valence-corrected chi connectivity index (χ1v) is 8.00. The third-order valence-corrected chi connectivity index (χ3v) is 4.61. The van der Waals surface area contributed by atoms with E-state index in [9.17, 15) is 0 Å². The molecule has 0 saturated carbocycles. The lowest BCUT2D eigenvalue weighted by Gasteiger charge is -2.42. The average molecular weight is 278 g/mol. The number of nitrogens with one attached hydrogen (secondary N) is 1. The molecule has 2 rings (SSSR count). The van der Waals surface area contributed by atoms with Gasteiger partial charge in [0.1, 0.15) is 0 Å². The van der Waals surface area contributed by atoms with Gasteiger partial charge in [0, 0.05) is 24.8 Å². The molecule has 2 heterocycles. The second-order valence-corrected chi connectivity index (χ2v) is 6.58. The number of aryl methyl sites for hydroxylation is 1. The molecule has 1 N–H and O–H groups in total. The smallest absolute Gasteiger partial charge is 0.0522 e. The van der Waals surface area contributed by atoms with Crippen LogP contribution in [0.2, 0.25) is 0 Å². The molecular weight excluding hydrogens is 248 g/mol. The molecule has 0 radical (unpaired) electrons. The first-order chi connectivity index (χ1) is 9.54. The predicted molar refractivity (Wildman–Crippen MR) is 83.9 cm³/mol. The number of hydrogen-bond donors (Lipinski definition) is 1. The van der Waals surface area contributed by atoms with E-state index in [1.165, 1.54) is 37.9 Å². The molecule has 1 atom stereocenters. The van der Waals surface area contributed by atoms with Crippen molar-refractivity contribution >= 4 is 0 Å². The van der Waals surface area contributed by atoms with E-state index in [4.69, 9.17) is 0 Å². The minimum Gasteiger partial charge on any atom is -0.312 e. The quantitative estimate of drug-likeness (QED) is 0.830. The summed E-state index contributed by atoms with van der Waals surface area (Å²) in [5, 5.41) is 8.07. The van der Waals surface area contributed by atoms with Crippen molar-refractivity contribution in [3.63, 3.8) is 0 Å². The van der Waals surface area contributed by atoms with Crippen LogP contribution < -0.4 is 5.32 Å². The summed E-state index contributed by atoms with van der Waals surface area (Å²) in [6.45, 7) is 10.6. The lowest BCUT2D eigenvalue weighted by atomic mass is 9.88. The van der Waals surface area contributed by atoms with Crippen LogP contribution in [0.4, 0.5) is 0 Å². The molecule has 4 heteroatoms. The van der Waals surface area contributed by atoms with Gasteiger partial charge in [0.15, 0.2) is 0 Å². The highest BCUT2D eigenvalue weighted by molar-refractivity contribution is 5.10. The minimum atomic E-state index is 0.196. The van der Waals surface area contributed by atoms with Crippen LogP contribution in [0.1, 0.15) is 45.6 Å². The average Bonchev–Trinajstić information content (AvgIpc) is 3.05. The molecule has 1 unspecified atom stereocenters. The highest BCUT2D eigenvalue weighted by Gasteiger charge is 2.36. The zero-order valence-corrected chi connectivity index (χ0v) is 13.5.